The Hall–Kier alpha value is -2.09. The molecule has 0 aliphatic heterocycles. The number of nitriles is 1. The van der Waals surface area contributed by atoms with Crippen LogP contribution in [0.5, 0.6) is 0 Å². The minimum Gasteiger partial charge on any atom is -0.481 e. The van der Waals surface area contributed by atoms with Crippen LogP contribution in [0.25, 0.3) is 0 Å². The molecule has 5 heteroatoms. The van der Waals surface area contributed by atoms with E-state index in [1.54, 1.807) is 0 Å². The lowest BCUT2D eigenvalue weighted by molar-refractivity contribution is -0.144. The van der Waals surface area contributed by atoms with Crippen molar-refractivity contribution in [3.63, 3.8) is 0 Å². The van der Waals surface area contributed by atoms with E-state index in [0.29, 0.717) is 6.42 Å². The highest BCUT2D eigenvalue weighted by Crippen LogP contribution is 2.31. The Kier molecular flexibility index (Phi) is 2.96. The number of benzene rings is 1. The molecule has 1 fully saturated rings. The van der Waals surface area contributed by atoms with Gasteiger partial charge in [0, 0.05) is 6.04 Å². The van der Waals surface area contributed by atoms with Gasteiger partial charge in [0.2, 0.25) is 0 Å². The summed E-state index contributed by atoms with van der Waals surface area (Å²) in [6.45, 7) is 0. The number of aliphatic carboxylic acids is 1. The fraction of sp³-hybridized carbons (Fsp3) is 0.333. The van der Waals surface area contributed by atoms with E-state index >= 15 is 0 Å². The van der Waals surface area contributed by atoms with Crippen LogP contribution in [-0.2, 0) is 4.79 Å². The van der Waals surface area contributed by atoms with Crippen molar-refractivity contribution in [2.75, 3.05) is 5.32 Å². The SMILES string of the molecule is N#Cc1ccc(NC2CCC2C(=O)O)c(F)c1. The van der Waals surface area contributed by atoms with Crippen LogP contribution in [0.2, 0.25) is 0 Å². The summed E-state index contributed by atoms with van der Waals surface area (Å²) in [6, 6.07) is 5.71. The summed E-state index contributed by atoms with van der Waals surface area (Å²) in [5, 5.41) is 20.3. The third-order valence-corrected chi connectivity index (χ3v) is 3.03. The van der Waals surface area contributed by atoms with Crippen molar-refractivity contribution in [1.29, 1.82) is 5.26 Å². The van der Waals surface area contributed by atoms with Crippen LogP contribution >= 0.6 is 0 Å². The number of halogens is 1. The van der Waals surface area contributed by atoms with Crippen molar-refractivity contribution in [3.8, 4) is 6.07 Å². The molecule has 1 aliphatic carbocycles. The number of carboxylic acid groups (broad SMARTS) is 1. The van der Waals surface area contributed by atoms with Gasteiger partial charge in [0.05, 0.1) is 23.2 Å². The van der Waals surface area contributed by atoms with Crippen LogP contribution in [-0.4, -0.2) is 17.1 Å². The van der Waals surface area contributed by atoms with E-state index in [1.807, 2.05) is 6.07 Å². The zero-order valence-electron chi connectivity index (χ0n) is 8.98. The summed E-state index contributed by atoms with van der Waals surface area (Å²) in [4.78, 5) is 10.8. The molecule has 2 rings (SSSR count). The third-order valence-electron chi connectivity index (χ3n) is 3.03. The van der Waals surface area contributed by atoms with Crippen LogP contribution in [0.3, 0.4) is 0 Å². The van der Waals surface area contributed by atoms with Crippen molar-refractivity contribution in [3.05, 3.63) is 29.6 Å². The highest BCUT2D eigenvalue weighted by molar-refractivity contribution is 5.73. The zero-order chi connectivity index (χ0) is 12.4. The minimum atomic E-state index is -0.859. The van der Waals surface area contributed by atoms with Crippen LogP contribution in [0.4, 0.5) is 10.1 Å². The van der Waals surface area contributed by atoms with Gasteiger partial charge in [-0.3, -0.25) is 4.79 Å². The Balaban J connectivity index is 2.10. The smallest absolute Gasteiger partial charge is 0.308 e. The highest BCUT2D eigenvalue weighted by Gasteiger charge is 2.36. The zero-order valence-corrected chi connectivity index (χ0v) is 8.98. The summed E-state index contributed by atoms with van der Waals surface area (Å²) in [7, 11) is 0. The second-order valence-electron chi connectivity index (χ2n) is 4.08. The normalized spacial score (nSPS) is 22.4. The molecule has 0 bridgehead atoms. The average Bonchev–Trinajstić information content (AvgIpc) is 2.24. The second-order valence-corrected chi connectivity index (χ2v) is 4.08. The number of carbonyl (C=O) groups is 1. The molecule has 88 valence electrons. The van der Waals surface area contributed by atoms with Crippen LogP contribution in [0.15, 0.2) is 18.2 Å². The Morgan fingerprint density at radius 2 is 2.29 bits per heavy atom. The van der Waals surface area contributed by atoms with Gasteiger partial charge in [0.25, 0.3) is 0 Å². The summed E-state index contributed by atoms with van der Waals surface area (Å²) in [5.74, 6) is -1.84. The van der Waals surface area contributed by atoms with E-state index in [9.17, 15) is 9.18 Å². The van der Waals surface area contributed by atoms with Crippen LogP contribution < -0.4 is 5.32 Å². The number of anilines is 1. The average molecular weight is 234 g/mol. The van der Waals surface area contributed by atoms with E-state index in [-0.39, 0.29) is 17.3 Å². The van der Waals surface area contributed by atoms with E-state index in [4.69, 9.17) is 10.4 Å². The fourth-order valence-corrected chi connectivity index (χ4v) is 1.87. The fourth-order valence-electron chi connectivity index (χ4n) is 1.87. The number of nitrogens with zero attached hydrogens (tertiary/aromatic N) is 1. The number of nitrogens with one attached hydrogen (secondary N) is 1. The first kappa shape index (κ1) is 11.4. The molecule has 0 radical (unpaired) electrons. The molecule has 1 saturated carbocycles. The first-order chi connectivity index (χ1) is 8.11. The van der Waals surface area contributed by atoms with Crippen LogP contribution in [0, 0.1) is 23.1 Å². The standard InChI is InChI=1S/C12H11FN2O2/c13-9-5-7(6-14)1-3-11(9)15-10-4-2-8(10)12(16)17/h1,3,5,8,10,15H,2,4H2,(H,16,17). The first-order valence-electron chi connectivity index (χ1n) is 5.31. The maximum Gasteiger partial charge on any atom is 0.308 e. The molecular weight excluding hydrogens is 223 g/mol. The molecule has 1 aromatic rings. The monoisotopic (exact) mass is 234 g/mol. The predicted octanol–water partition coefficient (Wildman–Crippen LogP) is 1.97. The highest BCUT2D eigenvalue weighted by atomic mass is 19.1. The quantitative estimate of drug-likeness (QED) is 0.838. The van der Waals surface area contributed by atoms with Crippen molar-refractivity contribution in [1.82, 2.24) is 0 Å². The molecule has 2 N–H and O–H groups in total. The molecular formula is C12H11FN2O2. The van der Waals surface area contributed by atoms with Gasteiger partial charge in [0.1, 0.15) is 5.82 Å². The Bertz CT molecular complexity index is 496. The molecule has 0 saturated heterocycles. The summed E-state index contributed by atoms with van der Waals surface area (Å²) < 4.78 is 13.5. The molecule has 0 amide bonds. The Morgan fingerprint density at radius 3 is 2.76 bits per heavy atom. The summed E-state index contributed by atoms with van der Waals surface area (Å²) in [6.07, 6.45) is 1.33. The molecule has 0 spiro atoms. The van der Waals surface area contributed by atoms with Crippen molar-refractivity contribution < 1.29 is 14.3 Å². The topological polar surface area (TPSA) is 73.1 Å². The molecule has 2 atom stereocenters. The molecule has 0 heterocycles. The van der Waals surface area contributed by atoms with Gasteiger partial charge in [-0.2, -0.15) is 5.26 Å². The molecule has 4 nitrogen and oxygen atoms in total. The Labute approximate surface area is 97.7 Å². The van der Waals surface area contributed by atoms with Crippen molar-refractivity contribution >= 4 is 11.7 Å². The number of rotatable bonds is 3. The lowest BCUT2D eigenvalue weighted by atomic mass is 9.79. The van der Waals surface area contributed by atoms with E-state index in [1.165, 1.54) is 12.1 Å². The number of hydrogen-bond donors (Lipinski definition) is 2. The lowest BCUT2D eigenvalue weighted by Gasteiger charge is -2.34. The summed E-state index contributed by atoms with van der Waals surface area (Å²) >= 11 is 0. The molecule has 2 unspecified atom stereocenters. The van der Waals surface area contributed by atoms with Gasteiger partial charge in [-0.15, -0.1) is 0 Å². The maximum atomic E-state index is 13.5. The second kappa shape index (κ2) is 4.42. The lowest BCUT2D eigenvalue weighted by Crippen LogP contribution is -2.43. The van der Waals surface area contributed by atoms with Gasteiger partial charge in [-0.05, 0) is 31.0 Å². The summed E-state index contributed by atoms with van der Waals surface area (Å²) in [5.41, 5.74) is 0.497. The van der Waals surface area contributed by atoms with E-state index in [2.05, 4.69) is 5.32 Å². The molecule has 17 heavy (non-hydrogen) atoms. The molecule has 0 aromatic heterocycles. The van der Waals surface area contributed by atoms with Gasteiger partial charge in [-0.1, -0.05) is 0 Å². The van der Waals surface area contributed by atoms with Gasteiger partial charge in [0.15, 0.2) is 0 Å². The minimum absolute atomic E-state index is 0.227. The van der Waals surface area contributed by atoms with Gasteiger partial charge >= 0.3 is 5.97 Å². The number of carboxylic acids is 1. The largest absolute Gasteiger partial charge is 0.481 e. The molecule has 1 aliphatic rings. The Morgan fingerprint density at radius 1 is 1.53 bits per heavy atom. The van der Waals surface area contributed by atoms with Crippen LogP contribution in [0.1, 0.15) is 18.4 Å². The molecule has 1 aromatic carbocycles. The third kappa shape index (κ3) is 2.21. The van der Waals surface area contributed by atoms with E-state index < -0.39 is 17.7 Å². The van der Waals surface area contributed by atoms with E-state index in [0.717, 1.165) is 12.5 Å². The predicted molar refractivity (Wildman–Crippen MR) is 58.9 cm³/mol. The first-order valence-corrected chi connectivity index (χ1v) is 5.31. The number of hydrogen-bond acceptors (Lipinski definition) is 3. The van der Waals surface area contributed by atoms with Crippen molar-refractivity contribution in [2.45, 2.75) is 18.9 Å². The van der Waals surface area contributed by atoms with Gasteiger partial charge < -0.3 is 10.4 Å². The van der Waals surface area contributed by atoms with Crippen molar-refractivity contribution in [2.24, 2.45) is 5.92 Å². The maximum absolute atomic E-state index is 13.5. The van der Waals surface area contributed by atoms with Gasteiger partial charge in [-0.25, -0.2) is 4.39 Å².